The lowest BCUT2D eigenvalue weighted by Crippen LogP contribution is -2.35. The Hall–Kier alpha value is -1.11. The maximum Gasteiger partial charge on any atom is 0.224 e. The molecule has 22 heavy (non-hydrogen) atoms. The highest BCUT2D eigenvalue weighted by Gasteiger charge is 2.13. The molecule has 5 nitrogen and oxygen atoms in total. The van der Waals surface area contributed by atoms with Gasteiger partial charge in [0.1, 0.15) is 0 Å². The first-order valence-electron chi connectivity index (χ1n) is 7.11. The standard InChI is InChI=1S/C15H24N2O3S.ClH/c1-13(11-16-2)15(18)17-9-6-10-21(19,20)12-14-7-4-3-5-8-14;/h3-5,7-8,13,16H,6,9-12H2,1-2H3,(H,17,18);1H. The van der Waals surface area contributed by atoms with E-state index in [1.165, 1.54) is 0 Å². The van der Waals surface area contributed by atoms with Crippen LogP contribution in [0.3, 0.4) is 0 Å². The Labute approximate surface area is 139 Å². The first kappa shape index (κ1) is 20.9. The van der Waals surface area contributed by atoms with E-state index in [4.69, 9.17) is 0 Å². The van der Waals surface area contributed by atoms with Crippen LogP contribution in [0.25, 0.3) is 0 Å². The molecule has 0 spiro atoms. The van der Waals surface area contributed by atoms with Gasteiger partial charge in [0.05, 0.1) is 11.5 Å². The van der Waals surface area contributed by atoms with Crippen molar-refractivity contribution in [2.45, 2.75) is 19.1 Å². The number of rotatable bonds is 9. The van der Waals surface area contributed by atoms with E-state index in [-0.39, 0.29) is 35.7 Å². The number of amides is 1. The van der Waals surface area contributed by atoms with Gasteiger partial charge in [-0.15, -0.1) is 12.4 Å². The number of benzene rings is 1. The number of hydrogen-bond donors (Lipinski definition) is 2. The van der Waals surface area contributed by atoms with Crippen LogP contribution in [0.15, 0.2) is 30.3 Å². The third-order valence-electron chi connectivity index (χ3n) is 3.12. The van der Waals surface area contributed by atoms with Crippen molar-refractivity contribution in [3.05, 3.63) is 35.9 Å². The van der Waals surface area contributed by atoms with Crippen molar-refractivity contribution >= 4 is 28.2 Å². The quantitative estimate of drug-likeness (QED) is 0.661. The molecule has 0 aliphatic rings. The Morgan fingerprint density at radius 3 is 2.45 bits per heavy atom. The normalized spacial score (nSPS) is 12.3. The highest BCUT2D eigenvalue weighted by Crippen LogP contribution is 2.07. The molecule has 0 aliphatic heterocycles. The predicted molar refractivity (Wildman–Crippen MR) is 91.9 cm³/mol. The summed E-state index contributed by atoms with van der Waals surface area (Å²) in [5, 5.41) is 5.69. The van der Waals surface area contributed by atoms with Crippen molar-refractivity contribution in [3.8, 4) is 0 Å². The maximum atomic E-state index is 12.0. The third-order valence-corrected chi connectivity index (χ3v) is 4.80. The van der Waals surface area contributed by atoms with Gasteiger partial charge in [0.15, 0.2) is 9.84 Å². The van der Waals surface area contributed by atoms with E-state index in [0.717, 1.165) is 5.56 Å². The summed E-state index contributed by atoms with van der Waals surface area (Å²) in [6.45, 7) is 2.83. The Morgan fingerprint density at radius 2 is 1.86 bits per heavy atom. The molecule has 1 rings (SSSR count). The first-order chi connectivity index (χ1) is 9.94. The lowest BCUT2D eigenvalue weighted by atomic mass is 10.1. The molecule has 0 fully saturated rings. The molecule has 0 bridgehead atoms. The smallest absolute Gasteiger partial charge is 0.224 e. The highest BCUT2D eigenvalue weighted by atomic mass is 35.5. The average molecular weight is 349 g/mol. The van der Waals surface area contributed by atoms with Crippen LogP contribution in [-0.2, 0) is 20.4 Å². The largest absolute Gasteiger partial charge is 0.356 e. The van der Waals surface area contributed by atoms with Gasteiger partial charge in [-0.2, -0.15) is 0 Å². The molecule has 2 N–H and O–H groups in total. The fraction of sp³-hybridized carbons (Fsp3) is 0.533. The molecule has 0 aliphatic carbocycles. The molecule has 0 radical (unpaired) electrons. The molecule has 1 aromatic rings. The summed E-state index contributed by atoms with van der Waals surface area (Å²) in [6.07, 6.45) is 0.438. The van der Waals surface area contributed by atoms with Gasteiger partial charge in [0, 0.05) is 19.0 Å². The van der Waals surface area contributed by atoms with Crippen LogP contribution in [0.5, 0.6) is 0 Å². The second-order valence-corrected chi connectivity index (χ2v) is 7.36. The van der Waals surface area contributed by atoms with Crippen LogP contribution in [-0.4, -0.2) is 40.2 Å². The van der Waals surface area contributed by atoms with Crippen LogP contribution in [0, 0.1) is 5.92 Å². The SMILES string of the molecule is CNCC(C)C(=O)NCCCS(=O)(=O)Cc1ccccc1.Cl. The molecule has 1 amide bonds. The van der Waals surface area contributed by atoms with E-state index in [2.05, 4.69) is 10.6 Å². The minimum atomic E-state index is -3.13. The van der Waals surface area contributed by atoms with Gasteiger partial charge in [0.2, 0.25) is 5.91 Å². The van der Waals surface area contributed by atoms with Crippen molar-refractivity contribution in [2.24, 2.45) is 5.92 Å². The van der Waals surface area contributed by atoms with Crippen LogP contribution in [0.4, 0.5) is 0 Å². The summed E-state index contributed by atoms with van der Waals surface area (Å²) in [4.78, 5) is 11.6. The molecule has 0 saturated heterocycles. The molecule has 0 aromatic heterocycles. The zero-order valence-corrected chi connectivity index (χ0v) is 14.7. The second-order valence-electron chi connectivity index (χ2n) is 5.18. The number of carbonyl (C=O) groups excluding carboxylic acids is 1. The van der Waals surface area contributed by atoms with E-state index in [1.54, 1.807) is 19.2 Å². The van der Waals surface area contributed by atoms with Crippen molar-refractivity contribution in [3.63, 3.8) is 0 Å². The molecule has 126 valence electrons. The molecule has 1 unspecified atom stereocenters. The van der Waals surface area contributed by atoms with Crippen LogP contribution >= 0.6 is 12.4 Å². The van der Waals surface area contributed by atoms with Crippen molar-refractivity contribution < 1.29 is 13.2 Å². The summed E-state index contributed by atoms with van der Waals surface area (Å²) in [5.41, 5.74) is 0.796. The number of halogens is 1. The van der Waals surface area contributed by atoms with Gasteiger partial charge in [-0.3, -0.25) is 4.79 Å². The van der Waals surface area contributed by atoms with Gasteiger partial charge in [0.25, 0.3) is 0 Å². The van der Waals surface area contributed by atoms with Crippen molar-refractivity contribution in [1.29, 1.82) is 0 Å². The molecule has 0 saturated carbocycles. The van der Waals surface area contributed by atoms with Gasteiger partial charge < -0.3 is 10.6 Å². The summed E-state index contributed by atoms with van der Waals surface area (Å²) < 4.78 is 23.9. The number of nitrogens with one attached hydrogen (secondary N) is 2. The van der Waals surface area contributed by atoms with Gasteiger partial charge >= 0.3 is 0 Å². The first-order valence-corrected chi connectivity index (χ1v) is 8.93. The van der Waals surface area contributed by atoms with Gasteiger partial charge in [-0.05, 0) is 19.0 Å². The monoisotopic (exact) mass is 348 g/mol. The maximum absolute atomic E-state index is 12.0. The number of hydrogen-bond acceptors (Lipinski definition) is 4. The number of sulfone groups is 1. The van der Waals surface area contributed by atoms with E-state index in [1.807, 2.05) is 25.1 Å². The Balaban J connectivity index is 0.00000441. The molecule has 1 atom stereocenters. The van der Waals surface area contributed by atoms with E-state index in [0.29, 0.717) is 19.5 Å². The van der Waals surface area contributed by atoms with E-state index < -0.39 is 9.84 Å². The Morgan fingerprint density at radius 1 is 1.23 bits per heavy atom. The number of carbonyl (C=O) groups is 1. The summed E-state index contributed by atoms with van der Waals surface area (Å²) in [6, 6.07) is 9.12. The molecular formula is C15H25ClN2O3S. The minimum absolute atomic E-state index is 0. The highest BCUT2D eigenvalue weighted by molar-refractivity contribution is 7.90. The lowest BCUT2D eigenvalue weighted by molar-refractivity contribution is -0.124. The van der Waals surface area contributed by atoms with Crippen LogP contribution in [0.2, 0.25) is 0 Å². The molecule has 1 aromatic carbocycles. The Kier molecular flexibility index (Phi) is 10.1. The Bertz CT molecular complexity index is 535. The zero-order valence-electron chi connectivity index (χ0n) is 13.0. The second kappa shape index (κ2) is 10.6. The van der Waals surface area contributed by atoms with Crippen molar-refractivity contribution in [2.75, 3.05) is 25.9 Å². The fourth-order valence-corrected chi connectivity index (χ4v) is 3.41. The third kappa shape index (κ3) is 8.36. The fourth-order valence-electron chi connectivity index (χ4n) is 1.98. The van der Waals surface area contributed by atoms with Crippen molar-refractivity contribution in [1.82, 2.24) is 10.6 Å². The zero-order chi connectivity index (χ0) is 15.7. The molecular weight excluding hydrogens is 324 g/mol. The summed E-state index contributed by atoms with van der Waals surface area (Å²) in [7, 11) is -1.34. The van der Waals surface area contributed by atoms with E-state index >= 15 is 0 Å². The average Bonchev–Trinajstić information content (AvgIpc) is 2.44. The predicted octanol–water partition coefficient (Wildman–Crippen LogP) is 1.39. The van der Waals surface area contributed by atoms with Gasteiger partial charge in [-0.1, -0.05) is 37.3 Å². The topological polar surface area (TPSA) is 75.3 Å². The van der Waals surface area contributed by atoms with Crippen LogP contribution < -0.4 is 10.6 Å². The molecule has 7 heteroatoms. The molecule has 0 heterocycles. The summed E-state index contributed by atoms with van der Waals surface area (Å²) >= 11 is 0. The van der Waals surface area contributed by atoms with Crippen LogP contribution in [0.1, 0.15) is 18.9 Å². The van der Waals surface area contributed by atoms with E-state index in [9.17, 15) is 13.2 Å². The lowest BCUT2D eigenvalue weighted by Gasteiger charge is -2.11. The summed E-state index contributed by atoms with van der Waals surface area (Å²) in [5.74, 6) is -0.0266. The minimum Gasteiger partial charge on any atom is -0.356 e. The van der Waals surface area contributed by atoms with Gasteiger partial charge in [-0.25, -0.2) is 8.42 Å².